The molecule has 1 aliphatic rings. The fourth-order valence-electron chi connectivity index (χ4n) is 1.87. The summed E-state index contributed by atoms with van der Waals surface area (Å²) in [5, 5.41) is 5.31. The Morgan fingerprint density at radius 1 is 1.63 bits per heavy atom. The summed E-state index contributed by atoms with van der Waals surface area (Å²) in [6, 6.07) is 3.27. The van der Waals surface area contributed by atoms with E-state index >= 15 is 0 Å². The van der Waals surface area contributed by atoms with Crippen molar-refractivity contribution in [1.29, 1.82) is 0 Å². The number of nitrogens with zero attached hydrogens (tertiary/aromatic N) is 1. The Labute approximate surface area is 115 Å². The van der Waals surface area contributed by atoms with Gasteiger partial charge in [-0.1, -0.05) is 0 Å². The number of carbonyl (C=O) groups excluding carboxylic acids is 2. The van der Waals surface area contributed by atoms with Crippen LogP contribution in [-0.4, -0.2) is 43.7 Å². The lowest BCUT2D eigenvalue weighted by molar-refractivity contribution is 0.105. The summed E-state index contributed by atoms with van der Waals surface area (Å²) in [7, 11) is 1.61. The van der Waals surface area contributed by atoms with E-state index in [2.05, 4.69) is 10.6 Å². The number of nitrogens with one attached hydrogen (secondary N) is 2. The SMILES string of the molecule is CO[C@H](CNC(=O)N1CCNC1=O)c1ccc(C)s1. The van der Waals surface area contributed by atoms with Crippen LogP contribution in [0.5, 0.6) is 0 Å². The fourth-order valence-corrected chi connectivity index (χ4v) is 2.82. The monoisotopic (exact) mass is 283 g/mol. The number of thiophene rings is 1. The van der Waals surface area contributed by atoms with Gasteiger partial charge in [-0.05, 0) is 19.1 Å². The van der Waals surface area contributed by atoms with Crippen LogP contribution in [-0.2, 0) is 4.74 Å². The van der Waals surface area contributed by atoms with Crippen molar-refractivity contribution in [1.82, 2.24) is 15.5 Å². The van der Waals surface area contributed by atoms with Gasteiger partial charge >= 0.3 is 12.1 Å². The number of carbonyl (C=O) groups is 2. The van der Waals surface area contributed by atoms with E-state index in [9.17, 15) is 9.59 Å². The highest BCUT2D eigenvalue weighted by Gasteiger charge is 2.26. The first kappa shape index (κ1) is 13.8. The lowest BCUT2D eigenvalue weighted by Crippen LogP contribution is -2.43. The average Bonchev–Trinajstić information content (AvgIpc) is 2.99. The largest absolute Gasteiger partial charge is 0.374 e. The first-order valence-corrected chi connectivity index (χ1v) is 6.86. The lowest BCUT2D eigenvalue weighted by atomic mass is 10.3. The van der Waals surface area contributed by atoms with Crippen molar-refractivity contribution in [3.63, 3.8) is 0 Å². The molecular weight excluding hydrogens is 266 g/mol. The molecule has 0 unspecified atom stereocenters. The Morgan fingerprint density at radius 2 is 2.42 bits per heavy atom. The number of amides is 4. The molecule has 7 heteroatoms. The third-order valence-electron chi connectivity index (χ3n) is 2.90. The van der Waals surface area contributed by atoms with E-state index in [0.717, 1.165) is 9.78 Å². The van der Waals surface area contributed by atoms with E-state index in [0.29, 0.717) is 19.6 Å². The summed E-state index contributed by atoms with van der Waals surface area (Å²) in [6.07, 6.45) is -0.187. The predicted octanol–water partition coefficient (Wildman–Crippen LogP) is 1.48. The third kappa shape index (κ3) is 3.24. The lowest BCUT2D eigenvalue weighted by Gasteiger charge is -2.17. The number of ether oxygens (including phenoxy) is 1. The molecule has 1 atom stereocenters. The van der Waals surface area contributed by atoms with Gasteiger partial charge in [0, 0.05) is 30.0 Å². The highest BCUT2D eigenvalue weighted by Crippen LogP contribution is 2.24. The van der Waals surface area contributed by atoms with Crippen LogP contribution in [0.1, 0.15) is 15.9 Å². The highest BCUT2D eigenvalue weighted by molar-refractivity contribution is 7.12. The number of rotatable bonds is 4. The molecule has 2 rings (SSSR count). The molecule has 0 bridgehead atoms. The van der Waals surface area contributed by atoms with Gasteiger partial charge in [-0.2, -0.15) is 0 Å². The molecule has 0 aliphatic carbocycles. The van der Waals surface area contributed by atoms with Gasteiger partial charge in [0.05, 0.1) is 6.54 Å². The second-order valence-corrected chi connectivity index (χ2v) is 5.56. The number of urea groups is 2. The van der Waals surface area contributed by atoms with Gasteiger partial charge < -0.3 is 15.4 Å². The molecule has 104 valence electrons. The van der Waals surface area contributed by atoms with E-state index < -0.39 is 0 Å². The van der Waals surface area contributed by atoms with Crippen LogP contribution in [0.4, 0.5) is 9.59 Å². The first-order chi connectivity index (χ1) is 9.11. The summed E-state index contributed by atoms with van der Waals surface area (Å²) in [5.41, 5.74) is 0. The van der Waals surface area contributed by atoms with Gasteiger partial charge in [0.25, 0.3) is 0 Å². The van der Waals surface area contributed by atoms with Crippen LogP contribution < -0.4 is 10.6 Å². The van der Waals surface area contributed by atoms with E-state index in [1.54, 1.807) is 18.4 Å². The van der Waals surface area contributed by atoms with E-state index in [-0.39, 0.29) is 18.2 Å². The topological polar surface area (TPSA) is 70.7 Å². The van der Waals surface area contributed by atoms with Crippen molar-refractivity contribution in [2.75, 3.05) is 26.7 Å². The summed E-state index contributed by atoms with van der Waals surface area (Å²) >= 11 is 1.64. The van der Waals surface area contributed by atoms with Crippen LogP contribution in [0.25, 0.3) is 0 Å². The van der Waals surface area contributed by atoms with Crippen molar-refractivity contribution >= 4 is 23.4 Å². The number of aryl methyl sites for hydroxylation is 1. The second-order valence-electron chi connectivity index (χ2n) is 4.24. The minimum atomic E-state index is -0.384. The van der Waals surface area contributed by atoms with Crippen molar-refractivity contribution in [3.05, 3.63) is 21.9 Å². The van der Waals surface area contributed by atoms with Gasteiger partial charge in [0.1, 0.15) is 6.10 Å². The molecule has 19 heavy (non-hydrogen) atoms. The summed E-state index contributed by atoms with van der Waals surface area (Å²) < 4.78 is 5.37. The quantitative estimate of drug-likeness (QED) is 0.879. The molecule has 4 amide bonds. The number of imide groups is 1. The highest BCUT2D eigenvalue weighted by atomic mass is 32.1. The molecule has 1 aromatic rings. The van der Waals surface area contributed by atoms with Gasteiger partial charge in [0.15, 0.2) is 0 Å². The van der Waals surface area contributed by atoms with Gasteiger partial charge in [0.2, 0.25) is 0 Å². The summed E-state index contributed by atoms with van der Waals surface area (Å²) in [6.45, 7) is 3.28. The van der Waals surface area contributed by atoms with Gasteiger partial charge in [-0.3, -0.25) is 0 Å². The van der Waals surface area contributed by atoms with Gasteiger partial charge in [-0.15, -0.1) is 11.3 Å². The first-order valence-electron chi connectivity index (χ1n) is 6.04. The molecule has 2 heterocycles. The Morgan fingerprint density at radius 3 is 2.95 bits per heavy atom. The van der Waals surface area contributed by atoms with Crippen LogP contribution in [0.2, 0.25) is 0 Å². The zero-order valence-electron chi connectivity index (χ0n) is 10.9. The standard InChI is InChI=1S/C12H17N3O3S/c1-8-3-4-10(19-8)9(18-2)7-14-12(17)15-6-5-13-11(15)16/h3-4,9H,5-7H2,1-2H3,(H,13,16)(H,14,17)/t9-/m1/s1. The molecule has 0 spiro atoms. The minimum absolute atomic E-state index is 0.187. The average molecular weight is 283 g/mol. The fraction of sp³-hybridized carbons (Fsp3) is 0.500. The van der Waals surface area contributed by atoms with Crippen LogP contribution in [0, 0.1) is 6.92 Å². The second kappa shape index (κ2) is 6.03. The maximum Gasteiger partial charge on any atom is 0.325 e. The molecule has 6 nitrogen and oxygen atoms in total. The molecule has 1 aliphatic heterocycles. The van der Waals surface area contributed by atoms with Crippen LogP contribution >= 0.6 is 11.3 Å². The van der Waals surface area contributed by atoms with Crippen molar-refractivity contribution < 1.29 is 14.3 Å². The van der Waals surface area contributed by atoms with E-state index in [1.807, 2.05) is 19.1 Å². The molecule has 0 aromatic carbocycles. The molecule has 1 fully saturated rings. The molecule has 1 aromatic heterocycles. The number of methoxy groups -OCH3 is 1. The number of hydrogen-bond acceptors (Lipinski definition) is 4. The molecular formula is C12H17N3O3S. The maximum atomic E-state index is 11.8. The van der Waals surface area contributed by atoms with E-state index in [4.69, 9.17) is 4.74 Å². The van der Waals surface area contributed by atoms with Crippen LogP contribution in [0.3, 0.4) is 0 Å². The van der Waals surface area contributed by atoms with E-state index in [1.165, 1.54) is 4.88 Å². The number of hydrogen-bond donors (Lipinski definition) is 2. The smallest absolute Gasteiger partial charge is 0.325 e. The van der Waals surface area contributed by atoms with Crippen LogP contribution in [0.15, 0.2) is 12.1 Å². The molecule has 0 radical (unpaired) electrons. The summed E-state index contributed by atoms with van der Waals surface area (Å²) in [4.78, 5) is 26.6. The summed E-state index contributed by atoms with van der Waals surface area (Å²) in [5.74, 6) is 0. The zero-order chi connectivity index (χ0) is 13.8. The Kier molecular flexibility index (Phi) is 4.39. The molecule has 2 N–H and O–H groups in total. The Hall–Kier alpha value is -1.60. The minimum Gasteiger partial charge on any atom is -0.374 e. The molecule has 0 saturated carbocycles. The predicted molar refractivity (Wildman–Crippen MR) is 72.3 cm³/mol. The Bertz CT molecular complexity index is 475. The third-order valence-corrected chi connectivity index (χ3v) is 4.00. The van der Waals surface area contributed by atoms with Crippen molar-refractivity contribution in [2.45, 2.75) is 13.0 Å². The normalized spacial score (nSPS) is 16.3. The maximum absolute atomic E-state index is 11.8. The van der Waals surface area contributed by atoms with Crippen molar-refractivity contribution in [2.24, 2.45) is 0 Å². The zero-order valence-corrected chi connectivity index (χ0v) is 11.8. The Balaban J connectivity index is 1.89. The van der Waals surface area contributed by atoms with Gasteiger partial charge in [-0.25, -0.2) is 14.5 Å². The molecule has 1 saturated heterocycles. The van der Waals surface area contributed by atoms with Crippen molar-refractivity contribution in [3.8, 4) is 0 Å².